The zero-order chi connectivity index (χ0) is 56.5. The van der Waals surface area contributed by atoms with E-state index in [1.807, 2.05) is 117 Å². The Morgan fingerprint density at radius 3 is 1.47 bits per heavy atom. The molecule has 2 amide bonds. The van der Waals surface area contributed by atoms with Gasteiger partial charge >= 0.3 is 18.1 Å². The van der Waals surface area contributed by atoms with E-state index in [1.54, 1.807) is 21.4 Å². The van der Waals surface area contributed by atoms with Gasteiger partial charge in [0.15, 0.2) is 0 Å². The van der Waals surface area contributed by atoms with Crippen molar-refractivity contribution in [3.05, 3.63) is 192 Å². The minimum Gasteiger partial charge on any atom is -0.458 e. The molecule has 0 radical (unpaired) electrons. The van der Waals surface area contributed by atoms with E-state index in [0.29, 0.717) is 36.8 Å². The van der Waals surface area contributed by atoms with E-state index in [0.717, 1.165) is 99.2 Å². The van der Waals surface area contributed by atoms with E-state index in [1.165, 1.54) is 0 Å². The first kappa shape index (κ1) is 54.1. The Morgan fingerprint density at radius 2 is 1.04 bits per heavy atom. The van der Waals surface area contributed by atoms with Crippen molar-refractivity contribution in [3.63, 3.8) is 0 Å². The van der Waals surface area contributed by atoms with Crippen molar-refractivity contribution in [2.75, 3.05) is 0 Å². The molecule has 0 bridgehead atoms. The second-order valence-electron chi connectivity index (χ2n) is 22.1. The van der Waals surface area contributed by atoms with Crippen LogP contribution in [0.15, 0.2) is 152 Å². The number of fused-ring (bicyclic) bond motifs is 4. The van der Waals surface area contributed by atoms with Crippen LogP contribution in [0.25, 0.3) is 32.6 Å². The maximum Gasteiger partial charge on any atom is 0.446 e. The Morgan fingerprint density at radius 1 is 0.617 bits per heavy atom. The summed E-state index contributed by atoms with van der Waals surface area (Å²) in [5.41, 5.74) is 7.84. The summed E-state index contributed by atoms with van der Waals surface area (Å²) in [6, 6.07) is 38.4. The molecule has 3 N–H and O–H groups in total. The van der Waals surface area contributed by atoms with Gasteiger partial charge in [-0.25, -0.2) is 13.8 Å². The summed E-state index contributed by atoms with van der Waals surface area (Å²) in [5, 5.41) is 28.2. The van der Waals surface area contributed by atoms with Crippen LogP contribution >= 0.6 is 0 Å². The van der Waals surface area contributed by atoms with Gasteiger partial charge in [-0.15, -0.1) is 0 Å². The van der Waals surface area contributed by atoms with Crippen LogP contribution in [0.2, 0.25) is 0 Å². The molecule has 4 aliphatic rings. The zero-order valence-corrected chi connectivity index (χ0v) is 44.1. The Kier molecular flexibility index (Phi) is 14.9. The fourth-order valence-corrected chi connectivity index (χ4v) is 12.5. The number of halogens is 3. The fraction of sp³-hybridized carbons (Fsp3) is 0.306. The number of rotatable bonds is 12. The lowest BCUT2D eigenvalue weighted by molar-refractivity contribution is -0.247. The number of aldehydes is 1. The molecular weight excluding hydrogens is 1040 g/mol. The summed E-state index contributed by atoms with van der Waals surface area (Å²) >= 11 is 0. The zero-order valence-electron chi connectivity index (χ0n) is 44.1. The van der Waals surface area contributed by atoms with E-state index in [2.05, 4.69) is 66.0 Å². The number of amides is 2. The lowest BCUT2D eigenvalue weighted by Crippen LogP contribution is -2.57. The Labute approximate surface area is 462 Å². The number of nitrogens with one attached hydrogen (secondary N) is 2. The maximum absolute atomic E-state index is 13.4. The van der Waals surface area contributed by atoms with Gasteiger partial charge in [0.2, 0.25) is 6.29 Å². The SMILES string of the molecule is C[C@H](OC(=O)C1CC2(CC(NC(=O)c3cnn4cccc(Cc5cc6ccccc6cn5)c34)C2)C1)c1ccccc1.O=C(NC1CC2(C1)CC(C(=O)OO)C2)c1cnn2cccc(Cc3cc4ccccc4cn3)c12.O=CC(F)(F)F. The van der Waals surface area contributed by atoms with Crippen molar-refractivity contribution < 1.29 is 52.0 Å². The molecule has 1 atom stereocenters. The predicted octanol–water partition coefficient (Wildman–Crippen LogP) is 10.6. The van der Waals surface area contributed by atoms with Gasteiger partial charge in [-0.1, -0.05) is 91.0 Å². The average molecular weight is 1100 g/mol. The smallest absolute Gasteiger partial charge is 0.446 e. The van der Waals surface area contributed by atoms with Crippen molar-refractivity contribution in [2.45, 2.75) is 95.5 Å². The van der Waals surface area contributed by atoms with Crippen LogP contribution in [-0.2, 0) is 36.8 Å². The van der Waals surface area contributed by atoms with Gasteiger partial charge < -0.3 is 20.3 Å². The van der Waals surface area contributed by atoms with Crippen molar-refractivity contribution in [1.82, 2.24) is 39.8 Å². The quantitative estimate of drug-likeness (QED) is 0.0452. The first-order valence-corrected chi connectivity index (χ1v) is 26.9. The summed E-state index contributed by atoms with van der Waals surface area (Å²) in [7, 11) is 0. The highest BCUT2D eigenvalue weighted by molar-refractivity contribution is 6.02. The number of nitrogens with zero attached hydrogens (tertiary/aromatic N) is 6. The Hall–Kier alpha value is -8.84. The van der Waals surface area contributed by atoms with E-state index in [4.69, 9.17) is 14.8 Å². The number of aromatic nitrogens is 6. The molecule has 414 valence electrons. The lowest BCUT2D eigenvalue weighted by Gasteiger charge is -2.57. The number of hydrogen-bond donors (Lipinski definition) is 3. The van der Waals surface area contributed by atoms with Gasteiger partial charge in [0.05, 0.1) is 46.4 Å². The molecule has 0 aliphatic heterocycles. The number of carbonyl (C=O) groups excluding carboxylic acids is 5. The second kappa shape index (κ2) is 22.4. The molecule has 4 saturated carbocycles. The van der Waals surface area contributed by atoms with Crippen molar-refractivity contribution in [1.29, 1.82) is 0 Å². The van der Waals surface area contributed by atoms with E-state index in [9.17, 15) is 32.3 Å². The highest BCUT2D eigenvalue weighted by Gasteiger charge is 2.57. The fourth-order valence-electron chi connectivity index (χ4n) is 12.5. The standard InChI is InChI=1S/C34H32N4O3.C26H24N4O4.C2HF3O/c1-22(23-8-3-2-4-9-23)41-33(40)27-16-34(17-27)18-29(19-34)37-32(39)30-21-36-38-13-7-12-25(31(30)38)15-28-14-24-10-5-6-11-26(24)20-35-28;31-24(29-21-12-26(13-21)10-19(11-26)25(32)34-33)22-15-28-30-7-3-6-17(23(22)30)9-20-8-16-4-1-2-5-18(16)14-27-20;3-2(4,5)1-6/h2-14,20-22,27,29H,15-19H2,1H3,(H,37,39);1-8,14-15,19,21,33H,9-13H2,(H,29,31);1H/t22-,27?,29?,34?;;/m0../s1. The van der Waals surface area contributed by atoms with Crippen molar-refractivity contribution >= 4 is 62.6 Å². The largest absolute Gasteiger partial charge is 0.458 e. The van der Waals surface area contributed by atoms with Gasteiger partial charge in [-0.2, -0.15) is 28.6 Å². The number of pyridine rings is 4. The molecule has 9 aromatic rings. The highest BCUT2D eigenvalue weighted by Crippen LogP contribution is 2.60. The van der Waals surface area contributed by atoms with Crippen molar-refractivity contribution in [3.8, 4) is 0 Å². The number of benzene rings is 3. The molecule has 6 aromatic heterocycles. The molecule has 4 fully saturated rings. The summed E-state index contributed by atoms with van der Waals surface area (Å²) in [4.78, 5) is 72.5. The van der Waals surface area contributed by atoms with E-state index >= 15 is 0 Å². The number of ether oxygens (including phenoxy) is 1. The predicted molar refractivity (Wildman–Crippen MR) is 293 cm³/mol. The molecule has 3 aromatic carbocycles. The molecular formula is C62H57F3N8O8. The molecule has 6 heterocycles. The maximum atomic E-state index is 13.4. The Bertz CT molecular complexity index is 3820. The minimum atomic E-state index is -4.64. The number of hydrogen-bond acceptors (Lipinski definition) is 12. The van der Waals surface area contributed by atoms with Crippen LogP contribution in [0.4, 0.5) is 13.2 Å². The monoisotopic (exact) mass is 1100 g/mol. The molecule has 13 rings (SSSR count). The van der Waals surface area contributed by atoms with E-state index < -0.39 is 18.4 Å². The van der Waals surface area contributed by atoms with Crippen LogP contribution in [0.3, 0.4) is 0 Å². The first-order valence-electron chi connectivity index (χ1n) is 26.9. The third kappa shape index (κ3) is 11.8. The van der Waals surface area contributed by atoms with Crippen LogP contribution in [0.5, 0.6) is 0 Å². The Balaban J connectivity index is 0.000000157. The lowest BCUT2D eigenvalue weighted by atomic mass is 9.50. The summed E-state index contributed by atoms with van der Waals surface area (Å²) in [6.07, 6.45) is 12.5. The topological polar surface area (TPSA) is 208 Å². The van der Waals surface area contributed by atoms with Gasteiger partial charge in [-0.05, 0) is 121 Å². The van der Waals surface area contributed by atoms with Crippen LogP contribution in [0, 0.1) is 22.7 Å². The number of carbonyl (C=O) groups is 5. The highest BCUT2D eigenvalue weighted by atomic mass is 19.4. The third-order valence-electron chi connectivity index (χ3n) is 16.4. The summed E-state index contributed by atoms with van der Waals surface area (Å²) < 4.78 is 40.5. The molecule has 81 heavy (non-hydrogen) atoms. The third-order valence-corrected chi connectivity index (χ3v) is 16.4. The minimum absolute atomic E-state index is 0.0521. The first-order chi connectivity index (χ1) is 39.1. The van der Waals surface area contributed by atoms with Gasteiger partial charge in [0, 0.05) is 71.9 Å². The molecule has 16 nitrogen and oxygen atoms in total. The molecule has 0 saturated heterocycles. The molecule has 19 heteroatoms. The van der Waals surface area contributed by atoms with Crippen LogP contribution in [-0.4, -0.2) is 82.8 Å². The average Bonchev–Trinajstić information content (AvgIpc) is 4.26. The van der Waals surface area contributed by atoms with Crippen LogP contribution in [0.1, 0.15) is 113 Å². The molecule has 2 spiro atoms. The van der Waals surface area contributed by atoms with Crippen LogP contribution < -0.4 is 10.6 Å². The summed E-state index contributed by atoms with van der Waals surface area (Å²) in [5.74, 6) is -1.20. The van der Waals surface area contributed by atoms with E-state index in [-0.39, 0.29) is 58.6 Å². The number of esters is 1. The molecule has 4 aliphatic carbocycles. The van der Waals surface area contributed by atoms with Gasteiger partial charge in [0.1, 0.15) is 6.10 Å². The molecule has 0 unspecified atom stereocenters. The number of alkyl halides is 3. The normalized spacial score (nSPS) is 21.9. The van der Waals surface area contributed by atoms with Gasteiger partial charge in [0.25, 0.3) is 11.8 Å². The van der Waals surface area contributed by atoms with Crippen molar-refractivity contribution in [2.24, 2.45) is 22.7 Å². The van der Waals surface area contributed by atoms with Gasteiger partial charge in [-0.3, -0.25) is 29.1 Å². The summed E-state index contributed by atoms with van der Waals surface area (Å²) in [6.45, 7) is 1.92. The second-order valence-corrected chi connectivity index (χ2v) is 22.1.